The summed E-state index contributed by atoms with van der Waals surface area (Å²) in [6, 6.07) is 5.11. The third-order valence-corrected chi connectivity index (χ3v) is 5.36. The zero-order valence-corrected chi connectivity index (χ0v) is 12.9. The molecule has 3 heteroatoms. The van der Waals surface area contributed by atoms with E-state index in [4.69, 9.17) is 0 Å². The topological polar surface area (TPSA) is 12.0 Å². The minimum Gasteiger partial charge on any atom is -0.309 e. The molecule has 1 aromatic heterocycles. The highest BCUT2D eigenvalue weighted by Gasteiger charge is 2.19. The highest BCUT2D eigenvalue weighted by molar-refractivity contribution is 9.11. The molecule has 2 rings (SSSR count). The van der Waals surface area contributed by atoms with Crippen LogP contribution in [-0.2, 0) is 6.54 Å². The molecule has 1 heterocycles. The highest BCUT2D eigenvalue weighted by atomic mass is 79.9. The van der Waals surface area contributed by atoms with Crippen LogP contribution in [0.5, 0.6) is 0 Å². The Morgan fingerprint density at radius 1 is 1.29 bits per heavy atom. The van der Waals surface area contributed by atoms with E-state index in [0.29, 0.717) is 0 Å². The number of hydrogen-bond donors (Lipinski definition) is 1. The van der Waals surface area contributed by atoms with Gasteiger partial charge in [0.1, 0.15) is 0 Å². The zero-order valence-electron chi connectivity index (χ0n) is 10.5. The van der Waals surface area contributed by atoms with Crippen LogP contribution < -0.4 is 5.32 Å². The summed E-state index contributed by atoms with van der Waals surface area (Å²) in [5.41, 5.74) is 0. The van der Waals surface area contributed by atoms with Crippen molar-refractivity contribution in [1.29, 1.82) is 0 Å². The number of nitrogens with one attached hydrogen (secondary N) is 1. The van der Waals surface area contributed by atoms with Crippen molar-refractivity contribution in [2.45, 2.75) is 58.0 Å². The molecule has 0 radical (unpaired) electrons. The van der Waals surface area contributed by atoms with Crippen molar-refractivity contribution in [1.82, 2.24) is 5.32 Å². The van der Waals surface area contributed by atoms with Gasteiger partial charge in [-0.05, 0) is 59.7 Å². The van der Waals surface area contributed by atoms with Gasteiger partial charge in [0.15, 0.2) is 0 Å². The third kappa shape index (κ3) is 4.38. The number of rotatable bonds is 5. The summed E-state index contributed by atoms with van der Waals surface area (Å²) in [5, 5.41) is 3.70. The third-order valence-electron chi connectivity index (χ3n) is 3.74. The van der Waals surface area contributed by atoms with Crippen molar-refractivity contribution in [3.05, 3.63) is 20.8 Å². The summed E-state index contributed by atoms with van der Waals surface area (Å²) in [6.07, 6.45) is 8.39. The summed E-state index contributed by atoms with van der Waals surface area (Å²) in [7, 11) is 0. The van der Waals surface area contributed by atoms with Crippen molar-refractivity contribution < 1.29 is 0 Å². The van der Waals surface area contributed by atoms with Crippen molar-refractivity contribution in [3.8, 4) is 0 Å². The maximum atomic E-state index is 3.70. The number of halogens is 1. The Morgan fingerprint density at radius 3 is 2.65 bits per heavy atom. The normalized spacial score (nSPS) is 25.1. The van der Waals surface area contributed by atoms with Crippen LogP contribution in [-0.4, -0.2) is 6.04 Å². The Labute approximate surface area is 117 Å². The molecule has 96 valence electrons. The van der Waals surface area contributed by atoms with Crippen LogP contribution in [0.4, 0.5) is 0 Å². The highest BCUT2D eigenvalue weighted by Crippen LogP contribution is 2.28. The summed E-state index contributed by atoms with van der Waals surface area (Å²) < 4.78 is 1.24. The molecule has 0 atom stereocenters. The number of hydrogen-bond acceptors (Lipinski definition) is 2. The van der Waals surface area contributed by atoms with E-state index in [2.05, 4.69) is 40.3 Å². The van der Waals surface area contributed by atoms with E-state index < -0.39 is 0 Å². The molecular formula is C14H22BrNS. The second kappa shape index (κ2) is 6.91. The average molecular weight is 316 g/mol. The zero-order chi connectivity index (χ0) is 12.1. The molecule has 0 saturated heterocycles. The van der Waals surface area contributed by atoms with Gasteiger partial charge < -0.3 is 5.32 Å². The molecule has 0 bridgehead atoms. The lowest BCUT2D eigenvalue weighted by Gasteiger charge is -2.28. The van der Waals surface area contributed by atoms with Crippen molar-refractivity contribution in [2.24, 2.45) is 5.92 Å². The van der Waals surface area contributed by atoms with Gasteiger partial charge in [0, 0.05) is 17.5 Å². The van der Waals surface area contributed by atoms with Gasteiger partial charge in [0.2, 0.25) is 0 Å². The Balaban J connectivity index is 1.68. The van der Waals surface area contributed by atoms with Crippen LogP contribution in [0.1, 0.15) is 50.3 Å². The van der Waals surface area contributed by atoms with Crippen LogP contribution in [0.25, 0.3) is 0 Å². The fourth-order valence-electron chi connectivity index (χ4n) is 2.76. The lowest BCUT2D eigenvalue weighted by atomic mass is 9.83. The molecule has 0 unspecified atom stereocenters. The first-order valence-corrected chi connectivity index (χ1v) is 8.36. The summed E-state index contributed by atoms with van der Waals surface area (Å²) >= 11 is 5.35. The molecule has 1 N–H and O–H groups in total. The van der Waals surface area contributed by atoms with E-state index in [1.54, 1.807) is 0 Å². The van der Waals surface area contributed by atoms with Gasteiger partial charge in [-0.15, -0.1) is 11.3 Å². The number of thiophene rings is 1. The molecule has 1 fully saturated rings. The van der Waals surface area contributed by atoms with Gasteiger partial charge in [-0.2, -0.15) is 0 Å². The first-order chi connectivity index (χ1) is 8.28. The van der Waals surface area contributed by atoms with E-state index in [9.17, 15) is 0 Å². The monoisotopic (exact) mass is 315 g/mol. The maximum absolute atomic E-state index is 3.70. The second-order valence-corrected chi connectivity index (χ2v) is 7.64. The predicted molar refractivity (Wildman–Crippen MR) is 79.5 cm³/mol. The Bertz CT molecular complexity index is 329. The Hall–Kier alpha value is 0.140. The van der Waals surface area contributed by atoms with E-state index in [1.807, 2.05) is 11.3 Å². The summed E-state index contributed by atoms with van der Waals surface area (Å²) in [4.78, 5) is 1.44. The van der Waals surface area contributed by atoms with Gasteiger partial charge in [-0.25, -0.2) is 0 Å². The molecule has 17 heavy (non-hydrogen) atoms. The molecule has 1 aliphatic rings. The molecular weight excluding hydrogens is 294 g/mol. The van der Waals surface area contributed by atoms with Crippen LogP contribution in [0.3, 0.4) is 0 Å². The second-order valence-electron chi connectivity index (χ2n) is 5.09. The molecule has 1 saturated carbocycles. The van der Waals surface area contributed by atoms with Gasteiger partial charge in [-0.1, -0.05) is 19.8 Å². The molecule has 0 amide bonds. The van der Waals surface area contributed by atoms with E-state index in [0.717, 1.165) is 18.5 Å². The fourth-order valence-corrected chi connectivity index (χ4v) is 4.19. The smallest absolute Gasteiger partial charge is 0.0701 e. The molecule has 1 aliphatic carbocycles. The fraction of sp³-hybridized carbons (Fsp3) is 0.714. The Morgan fingerprint density at radius 2 is 2.06 bits per heavy atom. The quantitative estimate of drug-likeness (QED) is 0.809. The molecule has 1 nitrogen and oxygen atoms in total. The maximum Gasteiger partial charge on any atom is 0.0701 e. The van der Waals surface area contributed by atoms with Crippen LogP contribution in [0, 0.1) is 5.92 Å². The molecule has 1 aromatic rings. The largest absolute Gasteiger partial charge is 0.309 e. The van der Waals surface area contributed by atoms with Crippen LogP contribution in [0.2, 0.25) is 0 Å². The predicted octanol–water partition coefficient (Wildman–Crippen LogP) is 4.96. The van der Waals surface area contributed by atoms with E-state index >= 15 is 0 Å². The summed E-state index contributed by atoms with van der Waals surface area (Å²) in [5.74, 6) is 1.01. The lowest BCUT2D eigenvalue weighted by molar-refractivity contribution is 0.278. The minimum atomic E-state index is 0.754. The minimum absolute atomic E-state index is 0.754. The van der Waals surface area contributed by atoms with Crippen LogP contribution >= 0.6 is 27.3 Å². The Kier molecular flexibility index (Phi) is 5.51. The van der Waals surface area contributed by atoms with Crippen molar-refractivity contribution in [2.75, 3.05) is 0 Å². The molecule has 0 aromatic carbocycles. The van der Waals surface area contributed by atoms with Gasteiger partial charge in [-0.3, -0.25) is 0 Å². The van der Waals surface area contributed by atoms with Crippen LogP contribution in [0.15, 0.2) is 15.9 Å². The first kappa shape index (κ1) is 13.6. The van der Waals surface area contributed by atoms with Gasteiger partial charge in [0.05, 0.1) is 3.79 Å². The van der Waals surface area contributed by atoms with Gasteiger partial charge >= 0.3 is 0 Å². The lowest BCUT2D eigenvalue weighted by Crippen LogP contribution is -2.32. The average Bonchev–Trinajstić information content (AvgIpc) is 2.75. The van der Waals surface area contributed by atoms with E-state index in [-0.39, 0.29) is 0 Å². The molecule has 0 aliphatic heterocycles. The first-order valence-electron chi connectivity index (χ1n) is 6.75. The summed E-state index contributed by atoms with van der Waals surface area (Å²) in [6.45, 7) is 3.35. The van der Waals surface area contributed by atoms with Crippen molar-refractivity contribution in [3.63, 3.8) is 0 Å². The molecule has 0 spiro atoms. The van der Waals surface area contributed by atoms with Gasteiger partial charge in [0.25, 0.3) is 0 Å². The van der Waals surface area contributed by atoms with E-state index in [1.165, 1.54) is 47.2 Å². The van der Waals surface area contributed by atoms with Crippen molar-refractivity contribution >= 4 is 27.3 Å². The SMILES string of the molecule is CCCC1CCC(NCc2ccc(Br)s2)CC1. The standard InChI is InChI=1S/C14H22BrNS/c1-2-3-11-4-6-12(7-5-11)16-10-13-8-9-14(15)17-13/h8-9,11-12,16H,2-7,10H2,1H3.